The van der Waals surface area contributed by atoms with E-state index < -0.39 is 5.97 Å². The highest BCUT2D eigenvalue weighted by atomic mass is 35.5. The van der Waals surface area contributed by atoms with Crippen molar-refractivity contribution in [2.75, 3.05) is 0 Å². The van der Waals surface area contributed by atoms with Crippen LogP contribution < -0.4 is 0 Å². The summed E-state index contributed by atoms with van der Waals surface area (Å²) in [5.74, 6) is -1.14. The van der Waals surface area contributed by atoms with E-state index in [1.807, 2.05) is 0 Å². The molecule has 0 unspecified atom stereocenters. The van der Waals surface area contributed by atoms with Gasteiger partial charge in [0.25, 0.3) is 0 Å². The Morgan fingerprint density at radius 2 is 2.25 bits per heavy atom. The van der Waals surface area contributed by atoms with Crippen LogP contribution >= 0.6 is 11.6 Å². The summed E-state index contributed by atoms with van der Waals surface area (Å²) in [6, 6.07) is 4.34. The maximum absolute atomic E-state index is 10.5. The summed E-state index contributed by atoms with van der Waals surface area (Å²) in [4.78, 5) is 13.6. The topological polar surface area (TPSA) is 41.7 Å². The molecule has 60 valence electrons. The molecule has 4 heteroatoms. The minimum atomic E-state index is -1.14. The molecule has 0 spiro atoms. The van der Waals surface area contributed by atoms with E-state index >= 15 is 0 Å². The Bertz CT molecular complexity index is 368. The lowest BCUT2D eigenvalue weighted by molar-refractivity contribution is 0.0698. The maximum atomic E-state index is 10.5. The summed E-state index contributed by atoms with van der Waals surface area (Å²) in [6.45, 7) is 6.70. The van der Waals surface area contributed by atoms with Crippen molar-refractivity contribution in [3.63, 3.8) is 0 Å². The van der Waals surface area contributed by atoms with E-state index in [1.54, 1.807) is 0 Å². The summed E-state index contributed by atoms with van der Waals surface area (Å²) < 4.78 is 0. The van der Waals surface area contributed by atoms with E-state index in [-0.39, 0.29) is 16.3 Å². The number of aromatic carboxylic acids is 1. The predicted molar refractivity (Wildman–Crippen MR) is 44.7 cm³/mol. The van der Waals surface area contributed by atoms with Gasteiger partial charge in [-0.3, -0.25) is 0 Å². The zero-order chi connectivity index (χ0) is 9.14. The molecule has 0 aliphatic rings. The van der Waals surface area contributed by atoms with Gasteiger partial charge in [-0.1, -0.05) is 29.8 Å². The van der Waals surface area contributed by atoms with Crippen molar-refractivity contribution >= 4 is 23.3 Å². The highest BCUT2D eigenvalue weighted by Gasteiger charge is 2.11. The van der Waals surface area contributed by atoms with Crippen molar-refractivity contribution in [3.8, 4) is 0 Å². The average molecular weight is 182 g/mol. The van der Waals surface area contributed by atoms with E-state index in [9.17, 15) is 4.79 Å². The molecule has 1 aromatic carbocycles. The third kappa shape index (κ3) is 1.39. The summed E-state index contributed by atoms with van der Waals surface area (Å²) in [7, 11) is 0. The number of para-hydroxylation sites is 1. The van der Waals surface area contributed by atoms with E-state index in [0.717, 1.165) is 0 Å². The lowest BCUT2D eigenvalue weighted by Gasteiger charge is -1.98. The molecule has 1 rings (SSSR count). The van der Waals surface area contributed by atoms with Gasteiger partial charge in [0, 0.05) is 5.02 Å². The SMILES string of the molecule is [C-]#[N+]c1c(Cl)cccc1C(=O)O. The summed E-state index contributed by atoms with van der Waals surface area (Å²) >= 11 is 5.60. The monoisotopic (exact) mass is 181 g/mol. The first kappa shape index (κ1) is 8.57. The van der Waals surface area contributed by atoms with Gasteiger partial charge in [-0.05, 0) is 0 Å². The van der Waals surface area contributed by atoms with Gasteiger partial charge >= 0.3 is 5.97 Å². The van der Waals surface area contributed by atoms with E-state index in [4.69, 9.17) is 23.3 Å². The molecule has 12 heavy (non-hydrogen) atoms. The molecular weight excluding hydrogens is 178 g/mol. The molecule has 0 radical (unpaired) electrons. The smallest absolute Gasteiger partial charge is 0.325 e. The number of carbonyl (C=O) groups is 1. The van der Waals surface area contributed by atoms with Crippen LogP contribution in [-0.4, -0.2) is 11.1 Å². The van der Waals surface area contributed by atoms with Gasteiger partial charge in [0.15, 0.2) is 0 Å². The van der Waals surface area contributed by atoms with Gasteiger partial charge in [0.1, 0.15) is 0 Å². The van der Waals surface area contributed by atoms with Crippen LogP contribution in [0.4, 0.5) is 5.69 Å². The van der Waals surface area contributed by atoms with Gasteiger partial charge in [-0.2, -0.15) is 0 Å². The molecule has 0 amide bonds. The highest BCUT2D eigenvalue weighted by molar-refractivity contribution is 6.34. The summed E-state index contributed by atoms with van der Waals surface area (Å²) in [5, 5.41) is 8.79. The molecule has 1 aromatic rings. The lowest BCUT2D eigenvalue weighted by Crippen LogP contribution is -1.95. The summed E-state index contributed by atoms with van der Waals surface area (Å²) in [5.41, 5.74) is -0.0656. The highest BCUT2D eigenvalue weighted by Crippen LogP contribution is 2.28. The molecular formula is C8H4ClNO2. The fraction of sp³-hybridized carbons (Fsp3) is 0. The number of nitrogens with zero attached hydrogens (tertiary/aromatic N) is 1. The van der Waals surface area contributed by atoms with Crippen molar-refractivity contribution < 1.29 is 9.90 Å². The molecule has 1 N–H and O–H groups in total. The number of halogens is 1. The molecule has 0 atom stereocenters. The first-order chi connectivity index (χ1) is 5.66. The molecule has 0 aromatic heterocycles. The lowest BCUT2D eigenvalue weighted by atomic mass is 10.2. The second-order valence-electron chi connectivity index (χ2n) is 2.05. The molecule has 0 saturated heterocycles. The third-order valence-electron chi connectivity index (χ3n) is 1.33. The van der Waals surface area contributed by atoms with Crippen LogP contribution in [0.3, 0.4) is 0 Å². The Hall–Kier alpha value is -1.53. The molecule has 0 aliphatic carbocycles. The van der Waals surface area contributed by atoms with Gasteiger partial charge in [0.2, 0.25) is 5.69 Å². The van der Waals surface area contributed by atoms with E-state index in [2.05, 4.69) is 4.85 Å². The Labute approximate surface area is 74.0 Å². The molecule has 0 heterocycles. The minimum Gasteiger partial charge on any atom is -0.479 e. The quantitative estimate of drug-likeness (QED) is 0.677. The number of carboxylic acids is 1. The zero-order valence-electron chi connectivity index (χ0n) is 5.91. The molecule has 3 nitrogen and oxygen atoms in total. The second-order valence-corrected chi connectivity index (χ2v) is 2.46. The molecule has 0 aliphatic heterocycles. The third-order valence-corrected chi connectivity index (χ3v) is 1.63. The Morgan fingerprint density at radius 3 is 2.67 bits per heavy atom. The van der Waals surface area contributed by atoms with Crippen molar-refractivity contribution in [1.82, 2.24) is 0 Å². The standard InChI is InChI=1S/C8H4ClNO2/c1-10-7-5(8(11)12)3-2-4-6(7)9/h2-4H,(H,11,12). The zero-order valence-corrected chi connectivity index (χ0v) is 6.67. The first-order valence-electron chi connectivity index (χ1n) is 3.06. The molecule has 0 fully saturated rings. The van der Waals surface area contributed by atoms with Crippen molar-refractivity contribution in [2.45, 2.75) is 0 Å². The normalized spacial score (nSPS) is 9.00. The number of carboxylic acid groups (broad SMARTS) is 1. The largest absolute Gasteiger partial charge is 0.479 e. The number of hydrogen-bond acceptors (Lipinski definition) is 1. The second kappa shape index (κ2) is 3.24. The van der Waals surface area contributed by atoms with Crippen LogP contribution in [0.25, 0.3) is 4.85 Å². The van der Waals surface area contributed by atoms with Gasteiger partial charge in [0.05, 0.1) is 12.1 Å². The molecule has 0 saturated carbocycles. The fourth-order valence-electron chi connectivity index (χ4n) is 0.802. The first-order valence-corrected chi connectivity index (χ1v) is 3.44. The van der Waals surface area contributed by atoms with Crippen LogP contribution in [0.15, 0.2) is 18.2 Å². The summed E-state index contributed by atoms with van der Waals surface area (Å²) in [6.07, 6.45) is 0. The van der Waals surface area contributed by atoms with E-state index in [0.29, 0.717) is 0 Å². The van der Waals surface area contributed by atoms with Crippen molar-refractivity contribution in [3.05, 3.63) is 40.2 Å². The van der Waals surface area contributed by atoms with Crippen LogP contribution in [-0.2, 0) is 0 Å². The Morgan fingerprint density at radius 1 is 1.58 bits per heavy atom. The van der Waals surface area contributed by atoms with Crippen LogP contribution in [0.5, 0.6) is 0 Å². The number of hydrogen-bond donors (Lipinski definition) is 1. The maximum Gasteiger partial charge on any atom is 0.325 e. The van der Waals surface area contributed by atoms with Gasteiger partial charge in [-0.15, -0.1) is 0 Å². The van der Waals surface area contributed by atoms with Crippen LogP contribution in [0.2, 0.25) is 5.02 Å². The fourth-order valence-corrected chi connectivity index (χ4v) is 1.02. The Balaban J connectivity index is 3.40. The van der Waals surface area contributed by atoms with Crippen LogP contribution in [0.1, 0.15) is 10.4 Å². The van der Waals surface area contributed by atoms with E-state index in [1.165, 1.54) is 18.2 Å². The van der Waals surface area contributed by atoms with Crippen molar-refractivity contribution in [1.29, 1.82) is 0 Å². The van der Waals surface area contributed by atoms with Crippen molar-refractivity contribution in [2.24, 2.45) is 0 Å². The average Bonchev–Trinajstić information content (AvgIpc) is 2.03. The minimum absolute atomic E-state index is 0.00772. The van der Waals surface area contributed by atoms with Crippen LogP contribution in [0, 0.1) is 6.57 Å². The van der Waals surface area contributed by atoms with Gasteiger partial charge < -0.3 is 5.11 Å². The Kier molecular flexibility index (Phi) is 2.32. The molecule has 0 bridgehead atoms. The number of rotatable bonds is 1. The number of benzene rings is 1. The predicted octanol–water partition coefficient (Wildman–Crippen LogP) is 2.59. The van der Waals surface area contributed by atoms with Gasteiger partial charge in [-0.25, -0.2) is 9.64 Å².